The quantitative estimate of drug-likeness (QED) is 0.503. The van der Waals surface area contributed by atoms with Crippen molar-refractivity contribution in [3.05, 3.63) is 23.9 Å². The first-order valence-corrected chi connectivity index (χ1v) is 9.80. The van der Waals surface area contributed by atoms with Crippen LogP contribution in [0.4, 0.5) is 0 Å². The summed E-state index contributed by atoms with van der Waals surface area (Å²) in [6.07, 6.45) is 6.72. The molecule has 1 fully saturated rings. The molecule has 0 spiro atoms. The molecule has 2 rings (SSSR count). The third kappa shape index (κ3) is 8.28. The normalized spacial score (nSPS) is 15.5. The van der Waals surface area contributed by atoms with E-state index in [4.69, 9.17) is 4.74 Å². The second-order valence-electron chi connectivity index (χ2n) is 7.87. The Balaban J connectivity index is 1.90. The Kier molecular flexibility index (Phi) is 7.88. The SMILES string of the molecule is CCNC(=NCc1ccnc(OC2CCCC2)c1)NCC(=O)NC(C)(C)C. The Hall–Kier alpha value is -2.31. The predicted octanol–water partition coefficient (Wildman–Crippen LogP) is 2.37. The van der Waals surface area contributed by atoms with E-state index in [0.717, 1.165) is 24.9 Å². The number of aliphatic imine (C=N–C) groups is 1. The molecule has 1 amide bonds. The Morgan fingerprint density at radius 1 is 1.30 bits per heavy atom. The molecule has 1 aromatic rings. The lowest BCUT2D eigenvalue weighted by molar-refractivity contribution is -0.121. The maximum atomic E-state index is 12.0. The molecule has 1 aromatic heterocycles. The van der Waals surface area contributed by atoms with Crippen LogP contribution < -0.4 is 20.7 Å². The average Bonchev–Trinajstić information content (AvgIpc) is 3.09. The third-order valence-electron chi connectivity index (χ3n) is 4.08. The number of rotatable bonds is 7. The molecular formula is C20H33N5O2. The van der Waals surface area contributed by atoms with E-state index in [1.807, 2.05) is 39.8 Å². The lowest BCUT2D eigenvalue weighted by Gasteiger charge is -2.21. The number of nitrogens with one attached hydrogen (secondary N) is 3. The van der Waals surface area contributed by atoms with Crippen LogP contribution in [-0.2, 0) is 11.3 Å². The van der Waals surface area contributed by atoms with E-state index in [9.17, 15) is 4.79 Å². The van der Waals surface area contributed by atoms with Crippen LogP contribution in [0.25, 0.3) is 0 Å². The number of carbonyl (C=O) groups excluding carboxylic acids is 1. The van der Waals surface area contributed by atoms with Gasteiger partial charge in [0.2, 0.25) is 11.8 Å². The molecule has 0 aliphatic heterocycles. The van der Waals surface area contributed by atoms with Crippen molar-refractivity contribution < 1.29 is 9.53 Å². The van der Waals surface area contributed by atoms with Crippen molar-refractivity contribution in [2.75, 3.05) is 13.1 Å². The molecule has 1 aliphatic carbocycles. The molecule has 1 saturated carbocycles. The van der Waals surface area contributed by atoms with Crippen molar-refractivity contribution in [2.45, 2.75) is 71.6 Å². The van der Waals surface area contributed by atoms with Crippen LogP contribution in [0.3, 0.4) is 0 Å². The lowest BCUT2D eigenvalue weighted by atomic mass is 10.1. The number of carbonyl (C=O) groups is 1. The highest BCUT2D eigenvalue weighted by atomic mass is 16.5. The number of hydrogen-bond donors (Lipinski definition) is 3. The highest BCUT2D eigenvalue weighted by Crippen LogP contribution is 2.23. The summed E-state index contributed by atoms with van der Waals surface area (Å²) < 4.78 is 5.95. The van der Waals surface area contributed by atoms with E-state index in [1.54, 1.807) is 6.20 Å². The average molecular weight is 376 g/mol. The topological polar surface area (TPSA) is 87.6 Å². The van der Waals surface area contributed by atoms with Crippen molar-refractivity contribution in [1.29, 1.82) is 0 Å². The maximum absolute atomic E-state index is 12.0. The number of guanidine groups is 1. The van der Waals surface area contributed by atoms with Gasteiger partial charge in [0.1, 0.15) is 6.10 Å². The molecule has 7 nitrogen and oxygen atoms in total. The molecular weight excluding hydrogens is 342 g/mol. The number of ether oxygens (including phenoxy) is 1. The second kappa shape index (κ2) is 10.1. The van der Waals surface area contributed by atoms with Crippen molar-refractivity contribution in [3.63, 3.8) is 0 Å². The number of hydrogen-bond acceptors (Lipinski definition) is 4. The smallest absolute Gasteiger partial charge is 0.239 e. The summed E-state index contributed by atoms with van der Waals surface area (Å²) >= 11 is 0. The zero-order chi connectivity index (χ0) is 19.7. The molecule has 7 heteroatoms. The number of nitrogens with zero attached hydrogens (tertiary/aromatic N) is 2. The lowest BCUT2D eigenvalue weighted by Crippen LogP contribution is -2.48. The minimum Gasteiger partial charge on any atom is -0.474 e. The molecule has 1 aliphatic rings. The summed E-state index contributed by atoms with van der Waals surface area (Å²) in [5.41, 5.74) is 0.774. The van der Waals surface area contributed by atoms with Crippen LogP contribution >= 0.6 is 0 Å². The largest absolute Gasteiger partial charge is 0.474 e. The monoisotopic (exact) mass is 375 g/mol. The zero-order valence-corrected chi connectivity index (χ0v) is 17.0. The van der Waals surface area contributed by atoms with Crippen LogP contribution in [0.1, 0.15) is 58.9 Å². The molecule has 0 unspecified atom stereocenters. The van der Waals surface area contributed by atoms with E-state index >= 15 is 0 Å². The van der Waals surface area contributed by atoms with E-state index < -0.39 is 0 Å². The van der Waals surface area contributed by atoms with Gasteiger partial charge in [-0.1, -0.05) is 0 Å². The van der Waals surface area contributed by atoms with E-state index in [2.05, 4.69) is 25.9 Å². The van der Waals surface area contributed by atoms with Gasteiger partial charge < -0.3 is 20.7 Å². The summed E-state index contributed by atoms with van der Waals surface area (Å²) in [7, 11) is 0. The third-order valence-corrected chi connectivity index (χ3v) is 4.08. The molecule has 0 saturated heterocycles. The van der Waals surface area contributed by atoms with E-state index in [-0.39, 0.29) is 24.1 Å². The highest BCUT2D eigenvalue weighted by Gasteiger charge is 2.17. The maximum Gasteiger partial charge on any atom is 0.239 e. The van der Waals surface area contributed by atoms with Gasteiger partial charge in [-0.3, -0.25) is 4.79 Å². The summed E-state index contributed by atoms with van der Waals surface area (Å²) in [5.74, 6) is 1.21. The molecule has 0 aromatic carbocycles. The fourth-order valence-corrected chi connectivity index (χ4v) is 2.93. The number of aromatic nitrogens is 1. The minimum absolute atomic E-state index is 0.0655. The molecule has 0 atom stereocenters. The van der Waals surface area contributed by atoms with Crippen molar-refractivity contribution >= 4 is 11.9 Å². The first-order chi connectivity index (χ1) is 12.9. The van der Waals surface area contributed by atoms with Crippen molar-refractivity contribution in [1.82, 2.24) is 20.9 Å². The predicted molar refractivity (Wildman–Crippen MR) is 108 cm³/mol. The van der Waals surface area contributed by atoms with Gasteiger partial charge in [0, 0.05) is 24.3 Å². The van der Waals surface area contributed by atoms with Gasteiger partial charge in [-0.05, 0) is 65.0 Å². The van der Waals surface area contributed by atoms with Gasteiger partial charge in [-0.15, -0.1) is 0 Å². The summed E-state index contributed by atoms with van der Waals surface area (Å²) in [4.78, 5) is 20.8. The molecule has 27 heavy (non-hydrogen) atoms. The molecule has 1 heterocycles. The Morgan fingerprint density at radius 2 is 2.04 bits per heavy atom. The molecule has 150 valence electrons. The Bertz CT molecular complexity index is 634. The first kappa shape index (κ1) is 21.0. The second-order valence-corrected chi connectivity index (χ2v) is 7.87. The van der Waals surface area contributed by atoms with E-state index in [1.165, 1.54) is 12.8 Å². The molecule has 3 N–H and O–H groups in total. The minimum atomic E-state index is -0.249. The van der Waals surface area contributed by atoms with Crippen LogP contribution in [0.2, 0.25) is 0 Å². The van der Waals surface area contributed by atoms with Gasteiger partial charge in [-0.2, -0.15) is 0 Å². The standard InChI is InChI=1S/C20H33N5O2/c1-5-21-19(24-14-17(26)25-20(2,3)4)23-13-15-10-11-22-18(12-15)27-16-8-6-7-9-16/h10-12,16H,5-9,13-14H2,1-4H3,(H,25,26)(H2,21,23,24). The molecule has 0 bridgehead atoms. The fourth-order valence-electron chi connectivity index (χ4n) is 2.93. The van der Waals surface area contributed by atoms with Gasteiger partial charge >= 0.3 is 0 Å². The number of pyridine rings is 1. The fraction of sp³-hybridized carbons (Fsp3) is 0.650. The van der Waals surface area contributed by atoms with Crippen LogP contribution in [0.5, 0.6) is 5.88 Å². The summed E-state index contributed by atoms with van der Waals surface area (Å²) in [5, 5.41) is 9.15. The summed E-state index contributed by atoms with van der Waals surface area (Å²) in [6, 6.07) is 3.87. The first-order valence-electron chi connectivity index (χ1n) is 9.80. The van der Waals surface area contributed by atoms with Gasteiger partial charge in [0.25, 0.3) is 0 Å². The van der Waals surface area contributed by atoms with Gasteiger partial charge in [-0.25, -0.2) is 9.98 Å². The van der Waals surface area contributed by atoms with E-state index in [0.29, 0.717) is 18.4 Å². The van der Waals surface area contributed by atoms with Crippen LogP contribution in [-0.4, -0.2) is 41.6 Å². The van der Waals surface area contributed by atoms with Gasteiger partial charge in [0.15, 0.2) is 5.96 Å². The number of amides is 1. The molecule has 0 radical (unpaired) electrons. The highest BCUT2D eigenvalue weighted by molar-refractivity contribution is 5.86. The van der Waals surface area contributed by atoms with Crippen LogP contribution in [0.15, 0.2) is 23.3 Å². The van der Waals surface area contributed by atoms with Gasteiger partial charge in [0.05, 0.1) is 13.1 Å². The Morgan fingerprint density at radius 3 is 2.70 bits per heavy atom. The Labute approximate surface area is 162 Å². The van der Waals surface area contributed by atoms with Crippen LogP contribution in [0, 0.1) is 0 Å². The zero-order valence-electron chi connectivity index (χ0n) is 17.0. The summed E-state index contributed by atoms with van der Waals surface area (Å²) in [6.45, 7) is 9.25. The van der Waals surface area contributed by atoms with Crippen molar-refractivity contribution in [2.24, 2.45) is 4.99 Å². The van der Waals surface area contributed by atoms with Crippen molar-refractivity contribution in [3.8, 4) is 5.88 Å².